The van der Waals surface area contributed by atoms with E-state index in [-0.39, 0.29) is 5.56 Å². The Hall–Kier alpha value is -3.72. The van der Waals surface area contributed by atoms with Crippen LogP contribution < -0.4 is 16.3 Å². The molecule has 0 aliphatic heterocycles. The van der Waals surface area contributed by atoms with Crippen LogP contribution in [0.3, 0.4) is 0 Å². The van der Waals surface area contributed by atoms with Gasteiger partial charge in [0.1, 0.15) is 5.82 Å². The van der Waals surface area contributed by atoms with Gasteiger partial charge in [-0.05, 0) is 37.1 Å². The number of hydrogen-bond donors (Lipinski definition) is 2. The van der Waals surface area contributed by atoms with Crippen LogP contribution >= 0.6 is 11.8 Å². The lowest BCUT2D eigenvalue weighted by atomic mass is 10.1. The lowest BCUT2D eigenvalue weighted by Crippen LogP contribution is -2.25. The highest BCUT2D eigenvalue weighted by Crippen LogP contribution is 2.25. The van der Waals surface area contributed by atoms with Crippen LogP contribution in [0.15, 0.2) is 58.7 Å². The van der Waals surface area contributed by atoms with Crippen LogP contribution in [0.4, 0.5) is 5.82 Å². The van der Waals surface area contributed by atoms with Gasteiger partial charge in [-0.3, -0.25) is 14.3 Å². The molecule has 0 fully saturated rings. The number of rotatable bonds is 4. The van der Waals surface area contributed by atoms with Crippen molar-refractivity contribution in [3.63, 3.8) is 0 Å². The number of imidazole rings is 1. The molecule has 0 saturated heterocycles. The molecular weight excluding hydrogens is 410 g/mol. The lowest BCUT2D eigenvalue weighted by molar-refractivity contribution is -0.347. The summed E-state index contributed by atoms with van der Waals surface area (Å²) in [4.78, 5) is 33.3. The quantitative estimate of drug-likeness (QED) is 0.334. The maximum Gasteiger partial charge on any atom is 0.306 e. The third-order valence-corrected chi connectivity index (χ3v) is 6.05. The van der Waals surface area contributed by atoms with Gasteiger partial charge in [0.2, 0.25) is 5.52 Å². The van der Waals surface area contributed by atoms with Crippen LogP contribution in [0, 0.1) is 13.8 Å². The molecule has 5 rings (SSSR count). The number of thioether (sulfide) groups is 1. The van der Waals surface area contributed by atoms with Crippen molar-refractivity contribution in [2.75, 3.05) is 5.73 Å². The van der Waals surface area contributed by atoms with Gasteiger partial charge < -0.3 is 5.73 Å². The molecule has 3 aromatic heterocycles. The van der Waals surface area contributed by atoms with Gasteiger partial charge in [0.15, 0.2) is 12.1 Å². The second-order valence-electron chi connectivity index (χ2n) is 7.26. The van der Waals surface area contributed by atoms with Gasteiger partial charge in [-0.15, -0.1) is 0 Å². The Labute approximate surface area is 181 Å². The average molecular weight is 431 g/mol. The van der Waals surface area contributed by atoms with Crippen molar-refractivity contribution < 1.29 is 4.98 Å². The first kappa shape index (κ1) is 19.3. The summed E-state index contributed by atoms with van der Waals surface area (Å²) >= 11 is 1.38. The fourth-order valence-electron chi connectivity index (χ4n) is 3.68. The Morgan fingerprint density at radius 2 is 1.87 bits per heavy atom. The molecule has 2 aromatic carbocycles. The van der Waals surface area contributed by atoms with Crippen LogP contribution in [0.5, 0.6) is 0 Å². The number of H-pyrrole nitrogens is 2. The van der Waals surface area contributed by atoms with Crippen molar-refractivity contribution in [1.29, 1.82) is 0 Å². The van der Waals surface area contributed by atoms with E-state index in [0.717, 1.165) is 16.8 Å². The molecule has 154 valence electrons. The van der Waals surface area contributed by atoms with E-state index in [1.54, 1.807) is 10.9 Å². The standard InChI is InChI=1S/C22H19N7OS/c1-12-6-3-4-9-15(12)29-16(26-14-8-5-7-13(2)17(14)21(29)30)10-31-22-27-19(23)18-20(28-22)25-11-24-18/h3-9,11H,10H2,1-2H3,(H3,23,24,25,27,28)/p+1. The summed E-state index contributed by atoms with van der Waals surface area (Å²) in [6, 6.07) is 13.5. The number of fused-ring (bicyclic) bond motifs is 2. The Morgan fingerprint density at radius 3 is 2.71 bits per heavy atom. The predicted octanol–water partition coefficient (Wildman–Crippen LogP) is 2.96. The highest BCUT2D eigenvalue weighted by atomic mass is 32.2. The Balaban J connectivity index is 1.65. The van der Waals surface area contributed by atoms with Crippen molar-refractivity contribution in [3.8, 4) is 5.69 Å². The minimum absolute atomic E-state index is 0.0807. The zero-order valence-corrected chi connectivity index (χ0v) is 17.8. The zero-order chi connectivity index (χ0) is 21.5. The molecule has 0 atom stereocenters. The summed E-state index contributed by atoms with van der Waals surface area (Å²) in [7, 11) is 0. The molecule has 0 radical (unpaired) electrons. The van der Waals surface area contributed by atoms with Crippen molar-refractivity contribution in [2.24, 2.45) is 0 Å². The number of aryl methyl sites for hydroxylation is 2. The molecule has 0 aliphatic carbocycles. The van der Waals surface area contributed by atoms with E-state index in [4.69, 9.17) is 10.7 Å². The van der Waals surface area contributed by atoms with Gasteiger partial charge in [0.25, 0.3) is 10.7 Å². The van der Waals surface area contributed by atoms with Crippen LogP contribution in [-0.4, -0.2) is 24.5 Å². The van der Waals surface area contributed by atoms with Crippen molar-refractivity contribution in [2.45, 2.75) is 24.8 Å². The number of benzene rings is 2. The molecule has 0 bridgehead atoms. The Morgan fingerprint density at radius 1 is 1.06 bits per heavy atom. The Kier molecular flexibility index (Phi) is 4.67. The number of hydrogen-bond acceptors (Lipinski definition) is 6. The van der Waals surface area contributed by atoms with E-state index in [9.17, 15) is 4.79 Å². The number of aromatic amines is 2. The number of nitrogens with one attached hydrogen (secondary N) is 2. The first-order valence-electron chi connectivity index (χ1n) is 9.75. The molecule has 0 saturated carbocycles. The third-order valence-electron chi connectivity index (χ3n) is 5.20. The fourth-order valence-corrected chi connectivity index (χ4v) is 4.45. The van der Waals surface area contributed by atoms with E-state index in [1.165, 1.54) is 11.8 Å². The van der Waals surface area contributed by atoms with Gasteiger partial charge in [-0.1, -0.05) is 47.1 Å². The van der Waals surface area contributed by atoms with Crippen LogP contribution in [0.1, 0.15) is 17.0 Å². The second-order valence-corrected chi connectivity index (χ2v) is 8.20. The summed E-state index contributed by atoms with van der Waals surface area (Å²) in [5.41, 5.74) is 10.7. The minimum Gasteiger partial charge on any atom is -0.380 e. The largest absolute Gasteiger partial charge is 0.380 e. The number of nitrogens with zero attached hydrogens (tertiary/aromatic N) is 4. The molecule has 3 heterocycles. The topological polar surface area (TPSA) is 117 Å². The summed E-state index contributed by atoms with van der Waals surface area (Å²) in [6.45, 7) is 3.92. The molecule has 0 spiro atoms. The van der Waals surface area contributed by atoms with Crippen molar-refractivity contribution in [3.05, 3.63) is 76.1 Å². The van der Waals surface area contributed by atoms with E-state index in [2.05, 4.69) is 19.9 Å². The molecule has 4 N–H and O–H groups in total. The molecular formula is C22H20N7OS+. The number of nitrogens with two attached hydrogens (primary N) is 1. The van der Waals surface area contributed by atoms with E-state index < -0.39 is 0 Å². The monoisotopic (exact) mass is 430 g/mol. The smallest absolute Gasteiger partial charge is 0.306 e. The Bertz CT molecular complexity index is 1510. The summed E-state index contributed by atoms with van der Waals surface area (Å²) in [5, 5.41) is 1.14. The SMILES string of the molecule is Cc1ccccc1-n1c(CSc2nc(N)c3[nH]c[nH+]c3n2)nc2cccc(C)c2c1=O. The summed E-state index contributed by atoms with van der Waals surface area (Å²) in [5.74, 6) is 1.40. The molecule has 5 aromatic rings. The highest BCUT2D eigenvalue weighted by molar-refractivity contribution is 7.98. The van der Waals surface area contributed by atoms with E-state index in [1.807, 2.05) is 56.3 Å². The predicted molar refractivity (Wildman–Crippen MR) is 121 cm³/mol. The van der Waals surface area contributed by atoms with Gasteiger partial charge >= 0.3 is 5.65 Å². The zero-order valence-electron chi connectivity index (χ0n) is 17.0. The number of anilines is 1. The van der Waals surface area contributed by atoms with Crippen LogP contribution in [-0.2, 0) is 5.75 Å². The third kappa shape index (κ3) is 3.32. The molecule has 8 nitrogen and oxygen atoms in total. The normalized spacial score (nSPS) is 11.4. The molecule has 9 heteroatoms. The summed E-state index contributed by atoms with van der Waals surface area (Å²) in [6.07, 6.45) is 1.66. The number of para-hydroxylation sites is 1. The van der Waals surface area contributed by atoms with E-state index >= 15 is 0 Å². The van der Waals surface area contributed by atoms with Crippen molar-refractivity contribution >= 4 is 39.6 Å². The number of nitrogen functional groups attached to an aromatic ring is 1. The first-order chi connectivity index (χ1) is 15.0. The highest BCUT2D eigenvalue weighted by Gasteiger charge is 2.18. The fraction of sp³-hybridized carbons (Fsp3) is 0.136. The minimum atomic E-state index is -0.0807. The summed E-state index contributed by atoms with van der Waals surface area (Å²) < 4.78 is 1.70. The maximum atomic E-state index is 13.6. The molecule has 0 amide bonds. The average Bonchev–Trinajstić information content (AvgIpc) is 3.22. The van der Waals surface area contributed by atoms with Gasteiger partial charge in [-0.25, -0.2) is 9.97 Å². The number of aromatic nitrogens is 6. The second kappa shape index (κ2) is 7.51. The first-order valence-corrected chi connectivity index (χ1v) is 10.7. The van der Waals surface area contributed by atoms with Crippen molar-refractivity contribution in [1.82, 2.24) is 24.5 Å². The van der Waals surface area contributed by atoms with Gasteiger partial charge in [-0.2, -0.15) is 4.98 Å². The molecule has 31 heavy (non-hydrogen) atoms. The molecule has 0 unspecified atom stereocenters. The molecule has 0 aliphatic rings. The van der Waals surface area contributed by atoms with Crippen LogP contribution in [0.2, 0.25) is 0 Å². The maximum absolute atomic E-state index is 13.6. The lowest BCUT2D eigenvalue weighted by Gasteiger charge is -2.15. The van der Waals surface area contributed by atoms with Gasteiger partial charge in [0.05, 0.1) is 22.3 Å². The van der Waals surface area contributed by atoms with E-state index in [0.29, 0.717) is 44.6 Å². The van der Waals surface area contributed by atoms with Crippen LogP contribution in [0.25, 0.3) is 27.8 Å². The van der Waals surface area contributed by atoms with Gasteiger partial charge in [0, 0.05) is 0 Å².